The molecule has 0 N–H and O–H groups in total. The summed E-state index contributed by atoms with van der Waals surface area (Å²) in [5.74, 6) is -1.21. The third-order valence-electron chi connectivity index (χ3n) is 2.32. The molecule has 5 nitrogen and oxygen atoms in total. The Morgan fingerprint density at radius 2 is 1.95 bits per heavy atom. The predicted octanol–water partition coefficient (Wildman–Crippen LogP) is 2.79. The molecule has 0 amide bonds. The van der Waals surface area contributed by atoms with E-state index in [1.165, 1.54) is 0 Å². The van der Waals surface area contributed by atoms with Crippen LogP contribution in [0.2, 0.25) is 0 Å². The highest BCUT2D eigenvalue weighted by Gasteiger charge is 2.29. The van der Waals surface area contributed by atoms with Gasteiger partial charge in [-0.15, -0.1) is 9.35 Å². The van der Waals surface area contributed by atoms with E-state index in [1.807, 2.05) is 0 Å². The zero-order valence-electron chi connectivity index (χ0n) is 9.52. The van der Waals surface area contributed by atoms with Crippen molar-refractivity contribution < 1.29 is 25.3 Å². The van der Waals surface area contributed by atoms with Crippen molar-refractivity contribution in [2.24, 2.45) is 5.11 Å². The molecule has 1 aromatic carbocycles. The highest BCUT2D eigenvalue weighted by atomic mass is 32.3. The Hall–Kier alpha value is -1.74. The van der Waals surface area contributed by atoms with Gasteiger partial charge in [-0.3, -0.25) is 0 Å². The number of hydrogen-bond acceptors (Lipinski definition) is 3. The molecule has 1 aromatic rings. The number of hydrogen-bond donors (Lipinski definition) is 0. The fourth-order valence-corrected chi connectivity index (χ4v) is 2.12. The largest absolute Gasteiger partial charge is 0.509 e. The second-order valence-electron chi connectivity index (χ2n) is 3.78. The van der Waals surface area contributed by atoms with Crippen molar-refractivity contribution in [1.82, 2.24) is 0 Å². The van der Waals surface area contributed by atoms with Crippen LogP contribution in [0.5, 0.6) is 0 Å². The lowest BCUT2D eigenvalue weighted by molar-refractivity contribution is 0.500. The highest BCUT2D eigenvalue weighted by molar-refractivity contribution is 7.85. The Morgan fingerprint density at radius 1 is 1.37 bits per heavy atom. The van der Waals surface area contributed by atoms with Gasteiger partial charge in [0.25, 0.3) is 0 Å². The van der Waals surface area contributed by atoms with Gasteiger partial charge in [0.05, 0.1) is 0 Å². The smallest absolute Gasteiger partial charge is 0.445 e. The number of rotatable bonds is 4. The zero-order valence-corrected chi connectivity index (χ0v) is 10.3. The summed E-state index contributed by atoms with van der Waals surface area (Å²) in [6, 6.07) is 1.46. The van der Waals surface area contributed by atoms with Crippen molar-refractivity contribution in [2.75, 3.05) is 0 Å². The van der Waals surface area contributed by atoms with Crippen molar-refractivity contribution >= 4 is 28.4 Å². The van der Waals surface area contributed by atoms with Gasteiger partial charge in [0.1, 0.15) is 5.75 Å². The molecule has 0 spiro atoms. The first-order valence-corrected chi connectivity index (χ1v) is 6.40. The summed E-state index contributed by atoms with van der Waals surface area (Å²) < 4.78 is 71.8. The predicted molar refractivity (Wildman–Crippen MR) is 62.4 cm³/mol. The minimum atomic E-state index is -5.43. The van der Waals surface area contributed by atoms with Crippen LogP contribution in [0.15, 0.2) is 17.2 Å². The lowest BCUT2D eigenvalue weighted by Gasteiger charge is -2.20. The molecule has 0 aromatic heterocycles. The van der Waals surface area contributed by atoms with E-state index in [1.54, 1.807) is 0 Å². The Morgan fingerprint density at radius 3 is 2.37 bits per heavy atom. The molecule has 0 unspecified atom stereocenters. The molecule has 0 saturated heterocycles. The quantitative estimate of drug-likeness (QED) is 0.214. The second kappa shape index (κ2) is 5.10. The lowest BCUT2D eigenvalue weighted by Crippen LogP contribution is -2.36. The molecule has 0 heterocycles. The van der Waals surface area contributed by atoms with Crippen molar-refractivity contribution in [3.05, 3.63) is 33.7 Å². The summed E-state index contributed by atoms with van der Waals surface area (Å²) in [7, 11) is -4.98. The first-order chi connectivity index (χ1) is 8.54. The van der Waals surface area contributed by atoms with E-state index in [2.05, 4.69) is 10.0 Å². The average molecular weight is 296 g/mol. The minimum Gasteiger partial charge on any atom is -0.445 e. The molecule has 0 atom stereocenters. The van der Waals surface area contributed by atoms with Crippen LogP contribution >= 0.6 is 0 Å². The van der Waals surface area contributed by atoms with E-state index in [0.717, 1.165) is 13.0 Å². The molecule has 0 aliphatic rings. The summed E-state index contributed by atoms with van der Waals surface area (Å²) in [6.07, 6.45) is 0. The summed E-state index contributed by atoms with van der Waals surface area (Å²) in [5, 5.41) is 3.04. The maximum absolute atomic E-state index is 12.8. The van der Waals surface area contributed by atoms with Crippen LogP contribution in [-0.4, -0.2) is 15.4 Å². The maximum Gasteiger partial charge on any atom is 0.509 e. The molecule has 19 heavy (non-hydrogen) atoms. The SMILES string of the molecule is Cc1c(N=[N+]=[N-])cc(CS(=O)(=O)F)cc1[B-](F)(F)F. The molecule has 11 heteroatoms. The van der Waals surface area contributed by atoms with Crippen LogP contribution < -0.4 is 5.46 Å². The van der Waals surface area contributed by atoms with Gasteiger partial charge in [-0.05, 0) is 24.1 Å². The molecule has 0 aliphatic carbocycles. The molecule has 0 aliphatic heterocycles. The van der Waals surface area contributed by atoms with Crippen molar-refractivity contribution in [3.8, 4) is 0 Å². The van der Waals surface area contributed by atoms with Gasteiger partial charge in [0, 0.05) is 10.6 Å². The average Bonchev–Trinajstić information content (AvgIpc) is 2.19. The van der Waals surface area contributed by atoms with Crippen LogP contribution in [0.1, 0.15) is 11.1 Å². The topological polar surface area (TPSA) is 82.9 Å². The molecule has 1 rings (SSSR count). The van der Waals surface area contributed by atoms with Crippen LogP contribution in [0, 0.1) is 6.92 Å². The summed E-state index contributed by atoms with van der Waals surface area (Å²) in [5.41, 5.74) is 6.01. The van der Waals surface area contributed by atoms with E-state index < -0.39 is 34.0 Å². The summed E-state index contributed by atoms with van der Waals surface area (Å²) >= 11 is 0. The van der Waals surface area contributed by atoms with Crippen LogP contribution in [-0.2, 0) is 16.0 Å². The Labute approximate surface area is 106 Å². The lowest BCUT2D eigenvalue weighted by atomic mass is 9.76. The fraction of sp³-hybridized carbons (Fsp3) is 0.250. The molecular weight excluding hydrogens is 289 g/mol. The monoisotopic (exact) mass is 296 g/mol. The van der Waals surface area contributed by atoms with E-state index in [-0.39, 0.29) is 11.3 Å². The molecule has 0 fully saturated rings. The number of halogens is 4. The van der Waals surface area contributed by atoms with Crippen LogP contribution in [0.4, 0.5) is 22.5 Å². The Bertz CT molecular complexity index is 653. The molecule has 0 saturated carbocycles. The minimum absolute atomic E-state index is 0.328. The van der Waals surface area contributed by atoms with Crippen LogP contribution in [0.3, 0.4) is 0 Å². The molecule has 104 valence electrons. The second-order valence-corrected chi connectivity index (χ2v) is 5.14. The summed E-state index contributed by atoms with van der Waals surface area (Å²) in [6.45, 7) is -4.35. The van der Waals surface area contributed by atoms with Gasteiger partial charge in [-0.1, -0.05) is 16.7 Å². The van der Waals surface area contributed by atoms with Gasteiger partial charge >= 0.3 is 17.2 Å². The van der Waals surface area contributed by atoms with Crippen molar-refractivity contribution in [2.45, 2.75) is 12.7 Å². The summed E-state index contributed by atoms with van der Waals surface area (Å²) in [4.78, 5) is 2.35. The fourth-order valence-electron chi connectivity index (χ4n) is 1.56. The third-order valence-corrected chi connectivity index (χ3v) is 3.00. The maximum atomic E-state index is 12.8. The van der Waals surface area contributed by atoms with Gasteiger partial charge < -0.3 is 12.9 Å². The first-order valence-electron chi connectivity index (χ1n) is 4.85. The highest BCUT2D eigenvalue weighted by Crippen LogP contribution is 2.24. The third kappa shape index (κ3) is 4.14. The van der Waals surface area contributed by atoms with E-state index in [4.69, 9.17) is 5.53 Å². The number of benzene rings is 1. The zero-order chi connectivity index (χ0) is 14.8. The number of nitrogens with zero attached hydrogens (tertiary/aromatic N) is 3. The Balaban J connectivity index is 3.52. The molecule has 0 bridgehead atoms. The number of azide groups is 1. The van der Waals surface area contributed by atoms with Gasteiger partial charge in [0.15, 0.2) is 0 Å². The van der Waals surface area contributed by atoms with E-state index >= 15 is 0 Å². The Kier molecular flexibility index (Phi) is 4.11. The standard InChI is InChI=1S/C8H7BF4N3O2S/c1-5-7(9(10,11)12)2-6(4-19(13,17)18)3-8(5)15-16-14/h2-3H,4H2,1H3/q-1. The first kappa shape index (κ1) is 15.3. The van der Waals surface area contributed by atoms with Gasteiger partial charge in [-0.2, -0.15) is 8.42 Å². The van der Waals surface area contributed by atoms with Gasteiger partial charge in [0.2, 0.25) is 0 Å². The molecule has 0 radical (unpaired) electrons. The van der Waals surface area contributed by atoms with Crippen molar-refractivity contribution in [3.63, 3.8) is 0 Å². The van der Waals surface area contributed by atoms with Crippen LogP contribution in [0.25, 0.3) is 10.4 Å². The van der Waals surface area contributed by atoms with Crippen molar-refractivity contribution in [1.29, 1.82) is 0 Å². The van der Waals surface area contributed by atoms with E-state index in [9.17, 15) is 25.3 Å². The van der Waals surface area contributed by atoms with E-state index in [0.29, 0.717) is 6.07 Å². The van der Waals surface area contributed by atoms with Gasteiger partial charge in [-0.25, -0.2) is 0 Å². The normalized spacial score (nSPS) is 12.1. The molecular formula is C8H7BF4N3O2S-.